The minimum Gasteiger partial charge on any atom is -0.497 e. The van der Waals surface area contributed by atoms with E-state index in [0.717, 1.165) is 40.2 Å². The Balaban J connectivity index is 1.53. The lowest BCUT2D eigenvalue weighted by Crippen LogP contribution is -2.36. The van der Waals surface area contributed by atoms with Crippen LogP contribution >= 0.6 is 11.6 Å². The number of halogens is 1. The predicted octanol–water partition coefficient (Wildman–Crippen LogP) is 3.96. The first kappa shape index (κ1) is 16.0. The van der Waals surface area contributed by atoms with Gasteiger partial charge in [-0.1, -0.05) is 23.7 Å². The number of ether oxygens (including phenoxy) is 1. The molecule has 0 spiro atoms. The average molecular weight is 355 g/mol. The molecule has 0 atom stereocenters. The number of carbonyl (C=O) groups is 1. The zero-order chi connectivity index (χ0) is 17.4. The van der Waals surface area contributed by atoms with Crippen LogP contribution in [-0.2, 0) is 24.2 Å². The number of hydrogen-bond acceptors (Lipinski definition) is 2. The predicted molar refractivity (Wildman–Crippen MR) is 99.1 cm³/mol. The Morgan fingerprint density at radius 3 is 2.80 bits per heavy atom. The van der Waals surface area contributed by atoms with E-state index < -0.39 is 0 Å². The van der Waals surface area contributed by atoms with Crippen molar-refractivity contribution in [2.45, 2.75) is 19.4 Å². The quantitative estimate of drug-likeness (QED) is 0.773. The molecule has 0 unspecified atom stereocenters. The van der Waals surface area contributed by atoms with Crippen LogP contribution in [-0.4, -0.2) is 29.4 Å². The van der Waals surface area contributed by atoms with Gasteiger partial charge in [0.15, 0.2) is 0 Å². The van der Waals surface area contributed by atoms with E-state index in [-0.39, 0.29) is 5.91 Å². The molecule has 4 nitrogen and oxygen atoms in total. The molecule has 1 aliphatic heterocycles. The van der Waals surface area contributed by atoms with Crippen LogP contribution in [0.15, 0.2) is 42.5 Å². The second-order valence-corrected chi connectivity index (χ2v) is 6.80. The third-order valence-corrected chi connectivity index (χ3v) is 5.04. The number of H-pyrrole nitrogens is 1. The second-order valence-electron chi connectivity index (χ2n) is 6.36. The molecular weight excluding hydrogens is 336 g/mol. The summed E-state index contributed by atoms with van der Waals surface area (Å²) in [5.41, 5.74) is 4.48. The van der Waals surface area contributed by atoms with Gasteiger partial charge in [-0.3, -0.25) is 4.79 Å². The number of amides is 1. The molecule has 25 heavy (non-hydrogen) atoms. The van der Waals surface area contributed by atoms with Crippen molar-refractivity contribution in [3.05, 3.63) is 64.3 Å². The molecule has 0 saturated heterocycles. The summed E-state index contributed by atoms with van der Waals surface area (Å²) in [5.74, 6) is 0.946. The topological polar surface area (TPSA) is 45.3 Å². The van der Waals surface area contributed by atoms with Crippen molar-refractivity contribution in [1.82, 2.24) is 9.88 Å². The molecule has 1 N–H and O–H groups in total. The zero-order valence-corrected chi connectivity index (χ0v) is 14.8. The first-order valence-electron chi connectivity index (χ1n) is 8.34. The highest BCUT2D eigenvalue weighted by Crippen LogP contribution is 2.30. The molecule has 4 rings (SSSR count). The molecule has 0 bridgehead atoms. The van der Waals surface area contributed by atoms with Crippen LogP contribution in [0.4, 0.5) is 0 Å². The van der Waals surface area contributed by atoms with E-state index in [1.165, 1.54) is 11.3 Å². The van der Waals surface area contributed by atoms with Crippen molar-refractivity contribution in [1.29, 1.82) is 0 Å². The molecule has 2 aromatic carbocycles. The van der Waals surface area contributed by atoms with Crippen molar-refractivity contribution < 1.29 is 9.53 Å². The van der Waals surface area contributed by atoms with Gasteiger partial charge in [0, 0.05) is 46.7 Å². The fourth-order valence-corrected chi connectivity index (χ4v) is 3.60. The van der Waals surface area contributed by atoms with Crippen LogP contribution in [0.2, 0.25) is 5.02 Å². The van der Waals surface area contributed by atoms with Gasteiger partial charge in [-0.2, -0.15) is 0 Å². The van der Waals surface area contributed by atoms with Crippen molar-refractivity contribution in [2.24, 2.45) is 0 Å². The summed E-state index contributed by atoms with van der Waals surface area (Å²) >= 11 is 6.14. The number of methoxy groups -OCH3 is 1. The maximum atomic E-state index is 12.7. The van der Waals surface area contributed by atoms with Crippen LogP contribution in [0.5, 0.6) is 5.75 Å². The van der Waals surface area contributed by atoms with Crippen molar-refractivity contribution in [2.75, 3.05) is 13.7 Å². The lowest BCUT2D eigenvalue weighted by Gasteiger charge is -2.27. The number of benzene rings is 2. The largest absolute Gasteiger partial charge is 0.497 e. The normalized spacial score (nSPS) is 13.8. The molecule has 5 heteroatoms. The SMILES string of the molecule is COc1ccc(CC(=O)N2CCc3[nH]c4ccc(Cl)cc4c3C2)cc1. The van der Waals surface area contributed by atoms with Gasteiger partial charge in [-0.05, 0) is 35.9 Å². The molecule has 128 valence electrons. The number of nitrogens with zero attached hydrogens (tertiary/aromatic N) is 1. The Labute approximate surface area is 151 Å². The smallest absolute Gasteiger partial charge is 0.227 e. The second kappa shape index (κ2) is 6.45. The summed E-state index contributed by atoms with van der Waals surface area (Å²) < 4.78 is 5.16. The summed E-state index contributed by atoms with van der Waals surface area (Å²) in [7, 11) is 1.64. The van der Waals surface area contributed by atoms with E-state index >= 15 is 0 Å². The van der Waals surface area contributed by atoms with Gasteiger partial charge in [0.05, 0.1) is 13.5 Å². The van der Waals surface area contributed by atoms with E-state index in [1.54, 1.807) is 7.11 Å². The minimum atomic E-state index is 0.146. The molecule has 3 aromatic rings. The summed E-state index contributed by atoms with van der Waals surface area (Å²) in [5, 5.41) is 1.83. The maximum absolute atomic E-state index is 12.7. The van der Waals surface area contributed by atoms with Gasteiger partial charge in [0.2, 0.25) is 5.91 Å². The van der Waals surface area contributed by atoms with Crippen LogP contribution in [0.25, 0.3) is 10.9 Å². The number of aromatic amines is 1. The summed E-state index contributed by atoms with van der Waals surface area (Å²) in [6.45, 7) is 1.37. The Morgan fingerprint density at radius 1 is 1.24 bits per heavy atom. The van der Waals surface area contributed by atoms with Crippen LogP contribution < -0.4 is 4.74 Å². The average Bonchev–Trinajstić information content (AvgIpc) is 2.99. The standard InChI is InChI=1S/C20H19ClN2O2/c1-25-15-5-2-13(3-6-15)10-20(24)23-9-8-19-17(12-23)16-11-14(21)4-7-18(16)22-19/h2-7,11,22H,8-10,12H2,1H3. The molecule has 0 saturated carbocycles. The summed E-state index contributed by atoms with van der Waals surface area (Å²) in [6.07, 6.45) is 1.25. The third kappa shape index (κ3) is 3.10. The van der Waals surface area contributed by atoms with Crippen LogP contribution in [0, 0.1) is 0 Å². The highest BCUT2D eigenvalue weighted by molar-refractivity contribution is 6.31. The Hall–Kier alpha value is -2.46. The molecular formula is C20H19ClN2O2. The van der Waals surface area contributed by atoms with Gasteiger partial charge in [-0.15, -0.1) is 0 Å². The van der Waals surface area contributed by atoms with E-state index in [4.69, 9.17) is 16.3 Å². The van der Waals surface area contributed by atoms with Crippen molar-refractivity contribution in [3.8, 4) is 5.75 Å². The number of aromatic nitrogens is 1. The molecule has 0 fully saturated rings. The molecule has 1 aromatic heterocycles. The summed E-state index contributed by atoms with van der Waals surface area (Å²) in [6, 6.07) is 13.5. The fourth-order valence-electron chi connectivity index (χ4n) is 3.43. The van der Waals surface area contributed by atoms with Crippen molar-refractivity contribution in [3.63, 3.8) is 0 Å². The molecule has 1 aliphatic rings. The number of carbonyl (C=O) groups excluding carboxylic acids is 1. The first-order valence-corrected chi connectivity index (χ1v) is 8.71. The maximum Gasteiger partial charge on any atom is 0.227 e. The van der Waals surface area contributed by atoms with Gasteiger partial charge in [0.25, 0.3) is 0 Å². The molecule has 0 radical (unpaired) electrons. The van der Waals surface area contributed by atoms with Crippen molar-refractivity contribution >= 4 is 28.4 Å². The highest BCUT2D eigenvalue weighted by atomic mass is 35.5. The Bertz CT molecular complexity index is 931. The number of rotatable bonds is 3. The van der Waals surface area contributed by atoms with Crippen LogP contribution in [0.3, 0.4) is 0 Å². The monoisotopic (exact) mass is 354 g/mol. The molecule has 2 heterocycles. The van der Waals surface area contributed by atoms with Gasteiger partial charge in [0.1, 0.15) is 5.75 Å². The Kier molecular flexibility index (Phi) is 4.14. The highest BCUT2D eigenvalue weighted by Gasteiger charge is 2.24. The zero-order valence-electron chi connectivity index (χ0n) is 14.0. The van der Waals surface area contributed by atoms with Crippen LogP contribution in [0.1, 0.15) is 16.8 Å². The Morgan fingerprint density at radius 2 is 2.04 bits per heavy atom. The minimum absolute atomic E-state index is 0.146. The number of fused-ring (bicyclic) bond motifs is 3. The van der Waals surface area contributed by atoms with Gasteiger partial charge in [-0.25, -0.2) is 0 Å². The number of hydrogen-bond donors (Lipinski definition) is 1. The van der Waals surface area contributed by atoms with E-state index in [2.05, 4.69) is 4.98 Å². The van der Waals surface area contributed by atoms with E-state index in [0.29, 0.717) is 13.0 Å². The summed E-state index contributed by atoms with van der Waals surface area (Å²) in [4.78, 5) is 18.1. The fraction of sp³-hybridized carbons (Fsp3) is 0.250. The first-order chi connectivity index (χ1) is 12.1. The lowest BCUT2D eigenvalue weighted by atomic mass is 10.0. The lowest BCUT2D eigenvalue weighted by molar-refractivity contribution is -0.131. The van der Waals surface area contributed by atoms with Gasteiger partial charge >= 0.3 is 0 Å². The van der Waals surface area contributed by atoms with Gasteiger partial charge < -0.3 is 14.6 Å². The molecule has 1 amide bonds. The number of nitrogens with one attached hydrogen (secondary N) is 1. The molecule has 0 aliphatic carbocycles. The van der Waals surface area contributed by atoms with E-state index in [9.17, 15) is 4.79 Å². The third-order valence-electron chi connectivity index (χ3n) is 4.80. The van der Waals surface area contributed by atoms with E-state index in [1.807, 2.05) is 47.4 Å².